The molecule has 0 radical (unpaired) electrons. The second kappa shape index (κ2) is 7.04. The molecular weight excluding hydrogens is 306 g/mol. The minimum absolute atomic E-state index is 0.246. The summed E-state index contributed by atoms with van der Waals surface area (Å²) in [7, 11) is 4.38. The normalized spacial score (nSPS) is 10.5. The lowest BCUT2D eigenvalue weighted by Gasteiger charge is -2.14. The van der Waals surface area contributed by atoms with Crippen molar-refractivity contribution in [1.29, 1.82) is 0 Å². The number of carbonyl (C=O) groups is 1. The number of methoxy groups -OCH3 is 2. The number of hydrogen-bond acceptors (Lipinski definition) is 5. The van der Waals surface area contributed by atoms with Crippen LogP contribution in [0, 0.1) is 0 Å². The number of anilines is 1. The Labute approximate surface area is 132 Å². The fraction of sp³-hybridized carbons (Fsp3) is 0.250. The summed E-state index contributed by atoms with van der Waals surface area (Å²) in [6.45, 7) is 0. The Hall–Kier alpha value is -2.70. The zero-order chi connectivity index (χ0) is 17.0. The van der Waals surface area contributed by atoms with Gasteiger partial charge in [0, 0.05) is 23.9 Å². The van der Waals surface area contributed by atoms with E-state index in [0.29, 0.717) is 16.8 Å². The summed E-state index contributed by atoms with van der Waals surface area (Å²) in [5.41, 5.74) is 1.33. The number of nitrogens with zero attached hydrogens (tertiary/aromatic N) is 1. The fourth-order valence-corrected chi connectivity index (χ4v) is 2.16. The predicted molar refractivity (Wildman–Crippen MR) is 82.1 cm³/mol. The van der Waals surface area contributed by atoms with E-state index in [1.807, 2.05) is 0 Å². The van der Waals surface area contributed by atoms with Crippen molar-refractivity contribution in [2.24, 2.45) is 0 Å². The highest BCUT2D eigenvalue weighted by atomic mass is 19.3. The molecule has 0 aliphatic carbocycles. The van der Waals surface area contributed by atoms with Crippen LogP contribution in [-0.4, -0.2) is 32.2 Å². The molecular formula is C16H16F2N2O3. The molecule has 0 bridgehead atoms. The summed E-state index contributed by atoms with van der Waals surface area (Å²) >= 11 is 0. The van der Waals surface area contributed by atoms with Gasteiger partial charge < -0.3 is 14.8 Å². The maximum absolute atomic E-state index is 13.0. The summed E-state index contributed by atoms with van der Waals surface area (Å²) in [5, 5.41) is 2.94. The fourth-order valence-electron chi connectivity index (χ4n) is 2.16. The molecule has 2 rings (SSSR count). The van der Waals surface area contributed by atoms with Gasteiger partial charge in [-0.05, 0) is 24.3 Å². The Bertz CT molecular complexity index is 720. The van der Waals surface area contributed by atoms with E-state index in [1.54, 1.807) is 25.2 Å². The SMILES string of the molecule is CNc1ccc(C(=O)OC)c(-c2cc(C(F)F)ncc2OC)c1. The molecule has 122 valence electrons. The topological polar surface area (TPSA) is 60.5 Å². The molecule has 0 spiro atoms. The van der Waals surface area contributed by atoms with Crippen LogP contribution < -0.4 is 10.1 Å². The van der Waals surface area contributed by atoms with Gasteiger partial charge in [0.1, 0.15) is 11.4 Å². The minimum Gasteiger partial charge on any atom is -0.494 e. The molecule has 7 heteroatoms. The second-order valence-electron chi connectivity index (χ2n) is 4.61. The lowest BCUT2D eigenvalue weighted by atomic mass is 9.98. The number of aromatic nitrogens is 1. The van der Waals surface area contributed by atoms with Crippen molar-refractivity contribution in [3.8, 4) is 16.9 Å². The van der Waals surface area contributed by atoms with Gasteiger partial charge in [0.2, 0.25) is 0 Å². The molecule has 0 aliphatic rings. The minimum atomic E-state index is -2.73. The van der Waals surface area contributed by atoms with Gasteiger partial charge in [-0.1, -0.05) is 0 Å². The quantitative estimate of drug-likeness (QED) is 0.854. The van der Waals surface area contributed by atoms with E-state index in [4.69, 9.17) is 9.47 Å². The molecule has 0 saturated heterocycles. The standard InChI is InChI=1S/C16H16F2N2O3/c1-19-9-4-5-10(16(21)23-3)11(6-9)12-7-13(15(17)18)20-8-14(12)22-2/h4-8,15,19H,1-3H3. The second-order valence-corrected chi connectivity index (χ2v) is 4.61. The number of rotatable bonds is 5. The van der Waals surface area contributed by atoms with Crippen molar-refractivity contribution in [3.63, 3.8) is 0 Å². The van der Waals surface area contributed by atoms with Crippen LogP contribution in [0.3, 0.4) is 0 Å². The van der Waals surface area contributed by atoms with Gasteiger partial charge in [-0.25, -0.2) is 13.6 Å². The van der Waals surface area contributed by atoms with E-state index in [-0.39, 0.29) is 11.3 Å². The van der Waals surface area contributed by atoms with Crippen LogP contribution in [0.4, 0.5) is 14.5 Å². The Morgan fingerprint density at radius 2 is 1.96 bits per heavy atom. The first-order valence-electron chi connectivity index (χ1n) is 6.74. The van der Waals surface area contributed by atoms with Gasteiger partial charge in [-0.15, -0.1) is 0 Å². The number of esters is 1. The number of halogens is 2. The molecule has 1 aromatic carbocycles. The van der Waals surface area contributed by atoms with Crippen molar-refractivity contribution >= 4 is 11.7 Å². The molecule has 23 heavy (non-hydrogen) atoms. The number of ether oxygens (including phenoxy) is 2. The molecule has 1 heterocycles. The summed E-state index contributed by atoms with van der Waals surface area (Å²) in [5.74, 6) is -0.284. The van der Waals surface area contributed by atoms with Gasteiger partial charge in [0.15, 0.2) is 0 Å². The average Bonchev–Trinajstić information content (AvgIpc) is 2.59. The van der Waals surface area contributed by atoms with Crippen molar-refractivity contribution in [2.75, 3.05) is 26.6 Å². The summed E-state index contributed by atoms with van der Waals surface area (Å²) in [6, 6.07) is 6.14. The smallest absolute Gasteiger partial charge is 0.338 e. The summed E-state index contributed by atoms with van der Waals surface area (Å²) in [6.07, 6.45) is -1.52. The Morgan fingerprint density at radius 3 is 2.52 bits per heavy atom. The van der Waals surface area contributed by atoms with Gasteiger partial charge in [-0.3, -0.25) is 4.98 Å². The van der Waals surface area contributed by atoms with E-state index < -0.39 is 18.1 Å². The Balaban J connectivity index is 2.72. The highest BCUT2D eigenvalue weighted by Gasteiger charge is 2.20. The first kappa shape index (κ1) is 16.7. The molecule has 2 aromatic rings. The van der Waals surface area contributed by atoms with Crippen LogP contribution in [0.25, 0.3) is 11.1 Å². The number of hydrogen-bond donors (Lipinski definition) is 1. The molecule has 0 aliphatic heterocycles. The van der Waals surface area contributed by atoms with E-state index in [2.05, 4.69) is 10.3 Å². The molecule has 0 fully saturated rings. The highest BCUT2D eigenvalue weighted by Crippen LogP contribution is 2.36. The molecule has 0 atom stereocenters. The number of benzene rings is 1. The highest BCUT2D eigenvalue weighted by molar-refractivity contribution is 5.99. The third-order valence-corrected chi connectivity index (χ3v) is 3.34. The van der Waals surface area contributed by atoms with Crippen molar-refractivity contribution < 1.29 is 23.0 Å². The number of pyridine rings is 1. The monoisotopic (exact) mass is 322 g/mol. The summed E-state index contributed by atoms with van der Waals surface area (Å²) in [4.78, 5) is 15.6. The third-order valence-electron chi connectivity index (χ3n) is 3.34. The van der Waals surface area contributed by atoms with Gasteiger partial charge in [0.25, 0.3) is 6.43 Å². The molecule has 0 unspecified atom stereocenters. The first-order valence-corrected chi connectivity index (χ1v) is 6.74. The van der Waals surface area contributed by atoms with Gasteiger partial charge in [0.05, 0.1) is 26.0 Å². The van der Waals surface area contributed by atoms with Crippen LogP contribution in [0.2, 0.25) is 0 Å². The van der Waals surface area contributed by atoms with Crippen molar-refractivity contribution in [3.05, 3.63) is 41.7 Å². The zero-order valence-corrected chi connectivity index (χ0v) is 12.9. The molecule has 1 N–H and O–H groups in total. The molecule has 0 amide bonds. The Kier molecular flexibility index (Phi) is 5.10. The first-order chi connectivity index (χ1) is 11.0. The maximum atomic E-state index is 13.0. The van der Waals surface area contributed by atoms with Crippen molar-refractivity contribution in [2.45, 2.75) is 6.43 Å². The van der Waals surface area contributed by atoms with Crippen molar-refractivity contribution in [1.82, 2.24) is 4.98 Å². The lowest BCUT2D eigenvalue weighted by molar-refractivity contribution is 0.0601. The predicted octanol–water partition coefficient (Wildman–Crippen LogP) is 3.52. The lowest BCUT2D eigenvalue weighted by Crippen LogP contribution is -2.05. The van der Waals surface area contributed by atoms with E-state index in [9.17, 15) is 13.6 Å². The Morgan fingerprint density at radius 1 is 1.22 bits per heavy atom. The average molecular weight is 322 g/mol. The maximum Gasteiger partial charge on any atom is 0.338 e. The van der Waals surface area contributed by atoms with Gasteiger partial charge in [-0.2, -0.15) is 0 Å². The largest absolute Gasteiger partial charge is 0.494 e. The van der Waals surface area contributed by atoms with Crippen LogP contribution >= 0.6 is 0 Å². The van der Waals surface area contributed by atoms with E-state index in [1.165, 1.54) is 26.5 Å². The molecule has 1 aromatic heterocycles. The van der Waals surface area contributed by atoms with Crippen LogP contribution in [0.15, 0.2) is 30.5 Å². The van der Waals surface area contributed by atoms with Crippen LogP contribution in [0.5, 0.6) is 5.75 Å². The third kappa shape index (κ3) is 3.39. The summed E-state index contributed by atoms with van der Waals surface area (Å²) < 4.78 is 35.9. The van der Waals surface area contributed by atoms with Crippen LogP contribution in [-0.2, 0) is 4.74 Å². The van der Waals surface area contributed by atoms with E-state index >= 15 is 0 Å². The number of nitrogens with one attached hydrogen (secondary N) is 1. The zero-order valence-electron chi connectivity index (χ0n) is 12.9. The van der Waals surface area contributed by atoms with E-state index in [0.717, 1.165) is 0 Å². The number of alkyl halides is 2. The molecule has 0 saturated carbocycles. The number of carbonyl (C=O) groups excluding carboxylic acids is 1. The molecule has 5 nitrogen and oxygen atoms in total. The van der Waals surface area contributed by atoms with Crippen LogP contribution in [0.1, 0.15) is 22.5 Å². The van der Waals surface area contributed by atoms with Gasteiger partial charge >= 0.3 is 5.97 Å².